The standard InChI is InChI=1S/C16H15FN4O2/c1-21(2)8-7-18-10-4-3-9(17)11-12(10)16(23)14-13(15(11)22)19-5-6-20-14/h3-6,18H,7-8H2,1-2H3. The number of halogens is 1. The van der Waals surface area contributed by atoms with Crippen LogP contribution >= 0.6 is 0 Å². The van der Waals surface area contributed by atoms with Gasteiger partial charge in [0, 0.05) is 31.2 Å². The van der Waals surface area contributed by atoms with Gasteiger partial charge in [0.05, 0.1) is 11.1 Å². The molecule has 0 bridgehead atoms. The van der Waals surface area contributed by atoms with Crippen LogP contribution in [0.25, 0.3) is 0 Å². The zero-order valence-corrected chi connectivity index (χ0v) is 12.8. The molecule has 118 valence electrons. The molecule has 0 fully saturated rings. The molecule has 1 N–H and O–H groups in total. The molecule has 0 saturated heterocycles. The molecule has 7 heteroatoms. The maximum Gasteiger partial charge on any atom is 0.217 e. The van der Waals surface area contributed by atoms with Crippen molar-refractivity contribution in [2.24, 2.45) is 0 Å². The lowest BCUT2D eigenvalue weighted by atomic mass is 9.88. The molecule has 1 aliphatic rings. The normalized spacial score (nSPS) is 13.0. The van der Waals surface area contributed by atoms with Gasteiger partial charge in [-0.15, -0.1) is 0 Å². The Kier molecular flexibility index (Phi) is 3.87. The zero-order chi connectivity index (χ0) is 16.6. The van der Waals surface area contributed by atoms with Gasteiger partial charge in [-0.25, -0.2) is 14.4 Å². The van der Waals surface area contributed by atoms with Crippen LogP contribution in [0.4, 0.5) is 10.1 Å². The van der Waals surface area contributed by atoms with E-state index >= 15 is 0 Å². The van der Waals surface area contributed by atoms with E-state index in [1.54, 1.807) is 0 Å². The van der Waals surface area contributed by atoms with Crippen molar-refractivity contribution in [2.45, 2.75) is 0 Å². The third-order valence-corrected chi connectivity index (χ3v) is 3.61. The average Bonchev–Trinajstić information content (AvgIpc) is 2.53. The second-order valence-electron chi connectivity index (χ2n) is 5.49. The number of aromatic nitrogens is 2. The van der Waals surface area contributed by atoms with Crippen molar-refractivity contribution in [3.63, 3.8) is 0 Å². The van der Waals surface area contributed by atoms with Crippen molar-refractivity contribution in [3.05, 3.63) is 52.9 Å². The Morgan fingerprint density at radius 3 is 2.26 bits per heavy atom. The smallest absolute Gasteiger partial charge is 0.217 e. The fourth-order valence-electron chi connectivity index (χ4n) is 2.50. The molecule has 0 spiro atoms. The van der Waals surface area contributed by atoms with Crippen LogP contribution in [0.3, 0.4) is 0 Å². The van der Waals surface area contributed by atoms with E-state index in [0.717, 1.165) is 6.54 Å². The quantitative estimate of drug-likeness (QED) is 0.784. The number of hydrogen-bond donors (Lipinski definition) is 1. The van der Waals surface area contributed by atoms with Gasteiger partial charge in [0.1, 0.15) is 17.2 Å². The lowest BCUT2D eigenvalue weighted by molar-refractivity contribution is 0.0968. The van der Waals surface area contributed by atoms with Crippen LogP contribution in [0.2, 0.25) is 0 Å². The summed E-state index contributed by atoms with van der Waals surface area (Å²) in [5.41, 5.74) is 0.0816. The highest BCUT2D eigenvalue weighted by Crippen LogP contribution is 2.31. The van der Waals surface area contributed by atoms with E-state index in [2.05, 4.69) is 15.3 Å². The van der Waals surface area contributed by atoms with Crippen molar-refractivity contribution in [3.8, 4) is 0 Å². The first-order valence-corrected chi connectivity index (χ1v) is 7.12. The Hall–Kier alpha value is -2.67. The molecule has 0 saturated carbocycles. The number of ketones is 2. The Balaban J connectivity index is 2.08. The summed E-state index contributed by atoms with van der Waals surface area (Å²) in [6.07, 6.45) is 2.65. The molecule has 0 atom stereocenters. The van der Waals surface area contributed by atoms with Gasteiger partial charge in [-0.05, 0) is 26.2 Å². The van der Waals surface area contributed by atoms with E-state index in [9.17, 15) is 14.0 Å². The summed E-state index contributed by atoms with van der Waals surface area (Å²) in [5.74, 6) is -1.83. The number of benzene rings is 1. The second-order valence-corrected chi connectivity index (χ2v) is 5.49. The second kappa shape index (κ2) is 5.85. The van der Waals surface area contributed by atoms with Crippen LogP contribution in [0.5, 0.6) is 0 Å². The highest BCUT2D eigenvalue weighted by Gasteiger charge is 2.36. The molecular formula is C16H15FN4O2. The number of carbonyl (C=O) groups is 2. The highest BCUT2D eigenvalue weighted by molar-refractivity contribution is 6.28. The van der Waals surface area contributed by atoms with E-state index < -0.39 is 17.4 Å². The molecule has 1 aliphatic carbocycles. The molecule has 1 aromatic heterocycles. The van der Waals surface area contributed by atoms with E-state index in [4.69, 9.17) is 0 Å². The summed E-state index contributed by atoms with van der Waals surface area (Å²) >= 11 is 0. The van der Waals surface area contributed by atoms with Crippen molar-refractivity contribution in [1.29, 1.82) is 0 Å². The number of fused-ring (bicyclic) bond motifs is 2. The van der Waals surface area contributed by atoms with Gasteiger partial charge in [0.25, 0.3) is 0 Å². The summed E-state index contributed by atoms with van der Waals surface area (Å²) in [6, 6.07) is 2.65. The topological polar surface area (TPSA) is 75.2 Å². The fourth-order valence-corrected chi connectivity index (χ4v) is 2.50. The minimum Gasteiger partial charge on any atom is -0.383 e. The molecule has 6 nitrogen and oxygen atoms in total. The number of anilines is 1. The number of nitrogens with one attached hydrogen (secondary N) is 1. The summed E-state index contributed by atoms with van der Waals surface area (Å²) in [4.78, 5) is 34.9. The minimum absolute atomic E-state index is 0.0294. The summed E-state index contributed by atoms with van der Waals surface area (Å²) in [6.45, 7) is 1.28. The van der Waals surface area contributed by atoms with Gasteiger partial charge in [0.2, 0.25) is 11.6 Å². The first-order chi connectivity index (χ1) is 11.0. The Morgan fingerprint density at radius 2 is 1.65 bits per heavy atom. The molecule has 1 aromatic carbocycles. The van der Waals surface area contributed by atoms with Crippen LogP contribution in [-0.2, 0) is 0 Å². The van der Waals surface area contributed by atoms with E-state index in [1.807, 2.05) is 19.0 Å². The van der Waals surface area contributed by atoms with Crippen LogP contribution < -0.4 is 5.32 Å². The summed E-state index contributed by atoms with van der Waals surface area (Å²) < 4.78 is 14.2. The molecule has 2 aromatic rings. The summed E-state index contributed by atoms with van der Waals surface area (Å²) in [5, 5.41) is 3.08. The molecular weight excluding hydrogens is 299 g/mol. The number of rotatable bonds is 4. The molecule has 23 heavy (non-hydrogen) atoms. The molecule has 1 heterocycles. The van der Waals surface area contributed by atoms with Gasteiger partial charge >= 0.3 is 0 Å². The highest BCUT2D eigenvalue weighted by atomic mass is 19.1. The fraction of sp³-hybridized carbons (Fsp3) is 0.250. The Morgan fingerprint density at radius 1 is 1.04 bits per heavy atom. The van der Waals surface area contributed by atoms with Gasteiger partial charge in [-0.3, -0.25) is 9.59 Å². The van der Waals surface area contributed by atoms with Crippen molar-refractivity contribution < 1.29 is 14.0 Å². The van der Waals surface area contributed by atoms with E-state index in [0.29, 0.717) is 12.2 Å². The van der Waals surface area contributed by atoms with E-state index in [1.165, 1.54) is 24.5 Å². The van der Waals surface area contributed by atoms with E-state index in [-0.39, 0.29) is 22.5 Å². The predicted molar refractivity (Wildman–Crippen MR) is 82.3 cm³/mol. The lowest BCUT2D eigenvalue weighted by Crippen LogP contribution is -2.27. The maximum absolute atomic E-state index is 14.2. The van der Waals surface area contributed by atoms with Crippen LogP contribution in [0.15, 0.2) is 24.5 Å². The molecule has 0 aliphatic heterocycles. The van der Waals surface area contributed by atoms with Crippen LogP contribution in [-0.4, -0.2) is 53.6 Å². The SMILES string of the molecule is CN(C)CCNc1ccc(F)c2c1C(=O)c1nccnc1C2=O. The third-order valence-electron chi connectivity index (χ3n) is 3.61. The Labute approximate surface area is 132 Å². The van der Waals surface area contributed by atoms with Crippen molar-refractivity contribution in [2.75, 3.05) is 32.5 Å². The number of carbonyl (C=O) groups excluding carboxylic acids is 2. The largest absolute Gasteiger partial charge is 0.383 e. The Bertz CT molecular complexity index is 805. The van der Waals surface area contributed by atoms with Gasteiger partial charge in [-0.2, -0.15) is 0 Å². The predicted octanol–water partition coefficient (Wildman–Crippen LogP) is 1.36. The van der Waals surface area contributed by atoms with Crippen molar-refractivity contribution in [1.82, 2.24) is 14.9 Å². The monoisotopic (exact) mass is 314 g/mol. The number of hydrogen-bond acceptors (Lipinski definition) is 6. The zero-order valence-electron chi connectivity index (χ0n) is 12.8. The minimum atomic E-state index is -0.729. The molecule has 3 rings (SSSR count). The average molecular weight is 314 g/mol. The van der Waals surface area contributed by atoms with Crippen molar-refractivity contribution >= 4 is 17.3 Å². The summed E-state index contributed by atoms with van der Waals surface area (Å²) in [7, 11) is 3.84. The maximum atomic E-state index is 14.2. The molecule has 0 unspecified atom stereocenters. The first kappa shape index (κ1) is 15.2. The number of nitrogens with zero attached hydrogens (tertiary/aromatic N) is 3. The van der Waals surface area contributed by atoms with Gasteiger partial charge < -0.3 is 10.2 Å². The first-order valence-electron chi connectivity index (χ1n) is 7.12. The van der Waals surface area contributed by atoms with Gasteiger partial charge in [0.15, 0.2) is 0 Å². The molecule has 0 amide bonds. The van der Waals surface area contributed by atoms with Crippen LogP contribution in [0, 0.1) is 5.82 Å². The van der Waals surface area contributed by atoms with Crippen LogP contribution in [0.1, 0.15) is 32.1 Å². The molecule has 0 radical (unpaired) electrons. The van der Waals surface area contributed by atoms with Gasteiger partial charge in [-0.1, -0.05) is 0 Å². The number of likely N-dealkylation sites (N-methyl/N-ethyl adjacent to an activating group) is 1. The third kappa shape index (κ3) is 2.59. The lowest BCUT2D eigenvalue weighted by Gasteiger charge is -2.20.